The van der Waals surface area contributed by atoms with Gasteiger partial charge >= 0.3 is 12.1 Å². The average molecular weight is 474 g/mol. The first-order valence-corrected chi connectivity index (χ1v) is 12.7. The summed E-state index contributed by atoms with van der Waals surface area (Å²) in [5.74, 6) is 0.222. The van der Waals surface area contributed by atoms with Crippen LogP contribution in [0.25, 0.3) is 0 Å². The quantitative estimate of drug-likeness (QED) is 0.492. The van der Waals surface area contributed by atoms with Crippen molar-refractivity contribution < 1.29 is 19.8 Å². The van der Waals surface area contributed by atoms with Gasteiger partial charge in [0.2, 0.25) is 0 Å². The van der Waals surface area contributed by atoms with Crippen molar-refractivity contribution in [2.45, 2.75) is 70.9 Å². The van der Waals surface area contributed by atoms with Gasteiger partial charge in [-0.05, 0) is 77.5 Å². The molecule has 4 rings (SSSR count). The highest BCUT2D eigenvalue weighted by Crippen LogP contribution is 2.37. The number of likely N-dealkylation sites (tertiary alicyclic amines) is 2. The number of aliphatic carboxylic acids is 1. The highest BCUT2D eigenvalue weighted by Gasteiger charge is 2.42. The van der Waals surface area contributed by atoms with Crippen molar-refractivity contribution in [2.24, 2.45) is 5.41 Å². The van der Waals surface area contributed by atoms with Gasteiger partial charge in [0.25, 0.3) is 0 Å². The van der Waals surface area contributed by atoms with Gasteiger partial charge in [-0.3, -0.25) is 9.69 Å². The maximum absolute atomic E-state index is 12.0. The fourth-order valence-corrected chi connectivity index (χ4v) is 5.98. The summed E-state index contributed by atoms with van der Waals surface area (Å²) in [6.45, 7) is 8.90. The molecule has 2 atom stereocenters. The van der Waals surface area contributed by atoms with Gasteiger partial charge in [0, 0.05) is 44.8 Å². The van der Waals surface area contributed by atoms with Crippen LogP contribution in [0.1, 0.15) is 57.6 Å². The number of nitrogens with zero attached hydrogens (tertiary/aromatic N) is 4. The second-order valence-electron chi connectivity index (χ2n) is 10.3. The lowest BCUT2D eigenvalue weighted by atomic mass is 9.75. The monoisotopic (exact) mass is 473 g/mol. The van der Waals surface area contributed by atoms with E-state index in [1.54, 1.807) is 0 Å². The number of carboxylic acid groups (broad SMARTS) is 2. The van der Waals surface area contributed by atoms with Gasteiger partial charge in [-0.2, -0.15) is 0 Å². The predicted octanol–water partition coefficient (Wildman–Crippen LogP) is 3.49. The Kier molecular flexibility index (Phi) is 7.50. The molecule has 3 fully saturated rings. The van der Waals surface area contributed by atoms with Gasteiger partial charge in [0.05, 0.1) is 16.8 Å². The molecule has 4 heterocycles. The molecule has 3 N–H and O–H groups in total. The third kappa shape index (κ3) is 5.24. The third-order valence-corrected chi connectivity index (χ3v) is 8.22. The number of piperidine rings is 1. The smallest absolute Gasteiger partial charge is 0.407 e. The van der Waals surface area contributed by atoms with Gasteiger partial charge in [-0.1, -0.05) is 0 Å². The van der Waals surface area contributed by atoms with Crippen LogP contribution in [0.3, 0.4) is 0 Å². The molecule has 0 aliphatic carbocycles. The van der Waals surface area contributed by atoms with Crippen LogP contribution >= 0.6 is 0 Å². The number of anilines is 2. The first-order chi connectivity index (χ1) is 16.3. The number of hydrogen-bond acceptors (Lipinski definition) is 6. The molecular formula is C25H39N5O4. The van der Waals surface area contributed by atoms with E-state index in [2.05, 4.69) is 34.2 Å². The second kappa shape index (κ2) is 10.4. The molecule has 1 amide bonds. The van der Waals surface area contributed by atoms with Gasteiger partial charge in [0.1, 0.15) is 5.82 Å². The van der Waals surface area contributed by atoms with Gasteiger partial charge in [0.15, 0.2) is 0 Å². The summed E-state index contributed by atoms with van der Waals surface area (Å²) in [7, 11) is 0. The van der Waals surface area contributed by atoms with Crippen LogP contribution in [0.2, 0.25) is 0 Å². The van der Waals surface area contributed by atoms with Crippen LogP contribution in [0.15, 0.2) is 12.1 Å². The lowest BCUT2D eigenvalue weighted by molar-refractivity contribution is -0.152. The number of aromatic nitrogens is 1. The Morgan fingerprint density at radius 3 is 2.53 bits per heavy atom. The standard InChI is InChI=1S/C25H39N5O4/c1-18-5-3-13-30(18)20-8-14-29(17-20)22-7-6-21(19(2)27-22)26-12-4-9-25(23(31)32)10-15-28(16-11-25)24(33)34/h6-7,18,20,26H,3-5,8-17H2,1-2H3,(H,31,32)(H,33,34)/t18-,20+/m0/s1. The van der Waals surface area contributed by atoms with E-state index in [4.69, 9.17) is 10.1 Å². The Morgan fingerprint density at radius 2 is 1.91 bits per heavy atom. The molecule has 0 saturated carbocycles. The van der Waals surface area contributed by atoms with Crippen molar-refractivity contribution in [3.05, 3.63) is 17.8 Å². The van der Waals surface area contributed by atoms with E-state index in [9.17, 15) is 14.7 Å². The van der Waals surface area contributed by atoms with Crippen LogP contribution in [-0.2, 0) is 4.79 Å². The molecule has 3 aliphatic heterocycles. The highest BCUT2D eigenvalue weighted by molar-refractivity contribution is 5.75. The zero-order valence-corrected chi connectivity index (χ0v) is 20.5. The number of rotatable bonds is 8. The Morgan fingerprint density at radius 1 is 1.15 bits per heavy atom. The number of amides is 1. The molecule has 1 aromatic heterocycles. The summed E-state index contributed by atoms with van der Waals surface area (Å²) >= 11 is 0. The molecule has 188 valence electrons. The zero-order chi connectivity index (χ0) is 24.3. The van der Waals surface area contributed by atoms with Crippen LogP contribution in [-0.4, -0.2) is 88.4 Å². The lowest BCUT2D eigenvalue weighted by Crippen LogP contribution is -2.46. The van der Waals surface area contributed by atoms with Gasteiger partial charge < -0.3 is 25.3 Å². The van der Waals surface area contributed by atoms with Crippen molar-refractivity contribution in [2.75, 3.05) is 49.5 Å². The van der Waals surface area contributed by atoms with E-state index in [0.29, 0.717) is 44.3 Å². The minimum absolute atomic E-state index is 0.285. The summed E-state index contributed by atoms with van der Waals surface area (Å²) in [5.41, 5.74) is 1.11. The summed E-state index contributed by atoms with van der Waals surface area (Å²) < 4.78 is 0. The van der Waals surface area contributed by atoms with Gasteiger partial charge in [-0.25, -0.2) is 9.78 Å². The summed E-state index contributed by atoms with van der Waals surface area (Å²) in [5, 5.41) is 22.4. The van der Waals surface area contributed by atoms with Crippen LogP contribution in [0.4, 0.5) is 16.3 Å². The Labute approximate surface area is 202 Å². The maximum atomic E-state index is 12.0. The van der Waals surface area contributed by atoms with Crippen molar-refractivity contribution in [3.63, 3.8) is 0 Å². The predicted molar refractivity (Wildman–Crippen MR) is 132 cm³/mol. The molecule has 3 saturated heterocycles. The average Bonchev–Trinajstić information content (AvgIpc) is 3.46. The minimum Gasteiger partial charge on any atom is -0.481 e. The van der Waals surface area contributed by atoms with Crippen molar-refractivity contribution in [1.29, 1.82) is 0 Å². The summed E-state index contributed by atoms with van der Waals surface area (Å²) in [6, 6.07) is 5.49. The summed E-state index contributed by atoms with van der Waals surface area (Å²) in [4.78, 5) is 34.3. The lowest BCUT2D eigenvalue weighted by Gasteiger charge is -2.37. The zero-order valence-electron chi connectivity index (χ0n) is 20.5. The Hall–Kier alpha value is -2.55. The number of aryl methyl sites for hydroxylation is 1. The fourth-order valence-electron chi connectivity index (χ4n) is 5.98. The largest absolute Gasteiger partial charge is 0.481 e. The molecule has 1 aromatic rings. The number of carbonyl (C=O) groups is 2. The van der Waals surface area contributed by atoms with Crippen LogP contribution in [0.5, 0.6) is 0 Å². The first kappa shape index (κ1) is 24.6. The van der Waals surface area contributed by atoms with Gasteiger partial charge in [-0.15, -0.1) is 0 Å². The third-order valence-electron chi connectivity index (χ3n) is 8.22. The summed E-state index contributed by atoms with van der Waals surface area (Å²) in [6.07, 6.45) is 4.84. The van der Waals surface area contributed by atoms with E-state index < -0.39 is 17.5 Å². The van der Waals surface area contributed by atoms with Crippen molar-refractivity contribution >= 4 is 23.6 Å². The maximum Gasteiger partial charge on any atom is 0.407 e. The van der Waals surface area contributed by atoms with Crippen molar-refractivity contribution in [3.8, 4) is 0 Å². The van der Waals surface area contributed by atoms with Crippen molar-refractivity contribution in [1.82, 2.24) is 14.8 Å². The SMILES string of the molecule is Cc1nc(N2CC[C@@H](N3CCC[C@@H]3C)C2)ccc1NCCCC1(C(=O)O)CCN(C(=O)O)CC1. The fraction of sp³-hybridized carbons (Fsp3) is 0.720. The normalized spacial score (nSPS) is 25.0. The molecule has 9 heteroatoms. The topological polar surface area (TPSA) is 109 Å². The number of hydrogen-bond donors (Lipinski definition) is 3. The minimum atomic E-state index is -0.970. The van der Waals surface area contributed by atoms with E-state index in [-0.39, 0.29) is 13.1 Å². The van der Waals surface area contributed by atoms with Crippen LogP contribution < -0.4 is 10.2 Å². The highest BCUT2D eigenvalue weighted by atomic mass is 16.4. The molecule has 0 spiro atoms. The van der Waals surface area contributed by atoms with E-state index in [1.165, 1.54) is 30.7 Å². The number of nitrogens with one attached hydrogen (secondary N) is 1. The first-order valence-electron chi connectivity index (χ1n) is 12.7. The van der Waals surface area contributed by atoms with E-state index >= 15 is 0 Å². The Balaban J connectivity index is 1.26. The van der Waals surface area contributed by atoms with E-state index in [0.717, 1.165) is 30.3 Å². The molecule has 34 heavy (non-hydrogen) atoms. The molecule has 0 unspecified atom stereocenters. The van der Waals surface area contributed by atoms with E-state index in [1.807, 2.05) is 6.92 Å². The molecule has 9 nitrogen and oxygen atoms in total. The number of pyridine rings is 1. The molecular weight excluding hydrogens is 434 g/mol. The Bertz CT molecular complexity index is 886. The molecule has 0 bridgehead atoms. The molecule has 3 aliphatic rings. The number of carboxylic acids is 1. The second-order valence-corrected chi connectivity index (χ2v) is 10.3. The molecule has 0 radical (unpaired) electrons. The van der Waals surface area contributed by atoms with Crippen LogP contribution in [0, 0.1) is 12.3 Å². The molecule has 0 aromatic carbocycles.